The van der Waals surface area contributed by atoms with Gasteiger partial charge in [0.2, 0.25) is 0 Å². The molecule has 2 heterocycles. The van der Waals surface area contributed by atoms with Crippen LogP contribution in [0.4, 0.5) is 4.39 Å². The molecule has 3 nitrogen and oxygen atoms in total. The molecular weight excluding hydrogens is 292 g/mol. The number of rotatable bonds is 2. The van der Waals surface area contributed by atoms with Crippen LogP contribution in [0.3, 0.4) is 0 Å². The van der Waals surface area contributed by atoms with Crippen LogP contribution in [-0.2, 0) is 9.31 Å². The van der Waals surface area contributed by atoms with E-state index >= 15 is 0 Å². The molecule has 0 bridgehead atoms. The lowest BCUT2D eigenvalue weighted by Crippen LogP contribution is -2.41. The Hall–Kier alpha value is -1.72. The summed E-state index contributed by atoms with van der Waals surface area (Å²) in [6.45, 7) is 9.96. The number of hydrogen-bond donors (Lipinski definition) is 0. The van der Waals surface area contributed by atoms with E-state index < -0.39 is 18.3 Å². The van der Waals surface area contributed by atoms with Gasteiger partial charge in [-0.3, -0.25) is 4.98 Å². The fourth-order valence-electron chi connectivity index (χ4n) is 2.66. The lowest BCUT2D eigenvalue weighted by molar-refractivity contribution is 0.00578. The molecule has 5 heteroatoms. The highest BCUT2D eigenvalue weighted by Gasteiger charge is 2.52. The van der Waals surface area contributed by atoms with Crippen molar-refractivity contribution < 1.29 is 13.7 Å². The first-order valence-corrected chi connectivity index (χ1v) is 7.78. The molecule has 1 aliphatic rings. The Morgan fingerprint density at radius 3 is 2.26 bits per heavy atom. The molecule has 1 aromatic heterocycles. The van der Waals surface area contributed by atoms with Crippen LogP contribution in [-0.4, -0.2) is 23.3 Å². The molecule has 0 saturated carbocycles. The van der Waals surface area contributed by atoms with E-state index in [1.807, 2.05) is 46.8 Å². The lowest BCUT2D eigenvalue weighted by atomic mass is 9.82. The van der Waals surface area contributed by atoms with Crippen LogP contribution in [0.25, 0.3) is 11.1 Å². The van der Waals surface area contributed by atoms with Gasteiger partial charge in [-0.05, 0) is 75.6 Å². The first-order chi connectivity index (χ1) is 10.7. The van der Waals surface area contributed by atoms with E-state index in [0.717, 1.165) is 22.3 Å². The van der Waals surface area contributed by atoms with Gasteiger partial charge in [0, 0.05) is 6.20 Å². The molecule has 1 aliphatic heterocycles. The van der Waals surface area contributed by atoms with Gasteiger partial charge in [0.1, 0.15) is 5.82 Å². The van der Waals surface area contributed by atoms with Gasteiger partial charge < -0.3 is 9.31 Å². The standard InChI is InChI=1S/C18H21BFNO2/c1-12-10-14(20)6-7-15(12)13-8-9-21-16(11-13)19-22-17(2,3)18(4,5)23-19/h6-11H,1-5H3. The summed E-state index contributed by atoms with van der Waals surface area (Å²) in [4.78, 5) is 4.40. The molecule has 1 saturated heterocycles. The predicted octanol–water partition coefficient (Wildman–Crippen LogP) is 3.50. The number of halogens is 1. The van der Waals surface area contributed by atoms with Crippen molar-refractivity contribution in [1.82, 2.24) is 4.98 Å². The number of aromatic nitrogens is 1. The molecule has 1 fully saturated rings. The maximum absolute atomic E-state index is 13.3. The van der Waals surface area contributed by atoms with Gasteiger partial charge in [-0.15, -0.1) is 0 Å². The Balaban J connectivity index is 1.95. The van der Waals surface area contributed by atoms with Crippen molar-refractivity contribution in [2.45, 2.75) is 45.8 Å². The highest BCUT2D eigenvalue weighted by atomic mass is 19.1. The third kappa shape index (κ3) is 2.91. The normalized spacial score (nSPS) is 19.1. The van der Waals surface area contributed by atoms with Crippen LogP contribution >= 0.6 is 0 Å². The summed E-state index contributed by atoms with van der Waals surface area (Å²) in [5, 5.41) is 0. The molecule has 120 valence electrons. The van der Waals surface area contributed by atoms with Gasteiger partial charge in [-0.25, -0.2) is 4.39 Å². The van der Waals surface area contributed by atoms with Crippen LogP contribution in [0.1, 0.15) is 33.3 Å². The molecular formula is C18H21BFNO2. The minimum atomic E-state index is -0.499. The second-order valence-corrected chi connectivity index (χ2v) is 7.02. The summed E-state index contributed by atoms with van der Waals surface area (Å²) in [6, 6.07) is 8.65. The van der Waals surface area contributed by atoms with E-state index in [0.29, 0.717) is 0 Å². The fourth-order valence-corrected chi connectivity index (χ4v) is 2.66. The second-order valence-electron chi connectivity index (χ2n) is 7.02. The monoisotopic (exact) mass is 313 g/mol. The Kier molecular flexibility index (Phi) is 3.81. The molecule has 0 unspecified atom stereocenters. The molecule has 2 aromatic rings. The highest BCUT2D eigenvalue weighted by Crippen LogP contribution is 2.36. The van der Waals surface area contributed by atoms with Crippen LogP contribution in [0.2, 0.25) is 0 Å². The van der Waals surface area contributed by atoms with Crippen molar-refractivity contribution >= 4 is 12.7 Å². The molecule has 0 N–H and O–H groups in total. The van der Waals surface area contributed by atoms with Gasteiger partial charge in [0.25, 0.3) is 0 Å². The van der Waals surface area contributed by atoms with Gasteiger partial charge in [-0.2, -0.15) is 0 Å². The molecule has 1 aromatic carbocycles. The van der Waals surface area contributed by atoms with Crippen LogP contribution in [0.15, 0.2) is 36.5 Å². The summed E-state index contributed by atoms with van der Waals surface area (Å²) in [6.07, 6.45) is 1.73. The average molecular weight is 313 g/mol. The van der Waals surface area contributed by atoms with E-state index in [4.69, 9.17) is 9.31 Å². The summed E-state index contributed by atoms with van der Waals surface area (Å²) in [5.41, 5.74) is 2.76. The number of pyridine rings is 1. The number of nitrogens with zero attached hydrogens (tertiary/aromatic N) is 1. The fraction of sp³-hybridized carbons (Fsp3) is 0.389. The van der Waals surface area contributed by atoms with E-state index in [1.54, 1.807) is 12.3 Å². The average Bonchev–Trinajstić information content (AvgIpc) is 2.68. The zero-order valence-electron chi connectivity index (χ0n) is 14.2. The van der Waals surface area contributed by atoms with Crippen molar-refractivity contribution in [3.8, 4) is 11.1 Å². The molecule has 0 aliphatic carbocycles. The van der Waals surface area contributed by atoms with E-state index in [1.165, 1.54) is 12.1 Å². The van der Waals surface area contributed by atoms with Crippen LogP contribution in [0.5, 0.6) is 0 Å². The summed E-state index contributed by atoms with van der Waals surface area (Å²) in [5.74, 6) is -0.230. The third-order valence-electron chi connectivity index (χ3n) is 4.78. The van der Waals surface area contributed by atoms with Gasteiger partial charge in [-0.1, -0.05) is 6.07 Å². The third-order valence-corrected chi connectivity index (χ3v) is 4.78. The van der Waals surface area contributed by atoms with E-state index in [2.05, 4.69) is 4.98 Å². The van der Waals surface area contributed by atoms with Crippen molar-refractivity contribution in [3.63, 3.8) is 0 Å². The Morgan fingerprint density at radius 2 is 1.65 bits per heavy atom. The summed E-state index contributed by atoms with van der Waals surface area (Å²) >= 11 is 0. The number of hydrogen-bond acceptors (Lipinski definition) is 3. The van der Waals surface area contributed by atoms with E-state index in [-0.39, 0.29) is 5.82 Å². The molecule has 0 radical (unpaired) electrons. The van der Waals surface area contributed by atoms with Gasteiger partial charge in [0.15, 0.2) is 0 Å². The van der Waals surface area contributed by atoms with Gasteiger partial charge >= 0.3 is 7.12 Å². The Morgan fingerprint density at radius 1 is 1.00 bits per heavy atom. The summed E-state index contributed by atoms with van der Waals surface area (Å²) < 4.78 is 25.4. The smallest absolute Gasteiger partial charge is 0.398 e. The molecule has 0 atom stereocenters. The largest absolute Gasteiger partial charge is 0.514 e. The molecule has 0 spiro atoms. The zero-order valence-corrected chi connectivity index (χ0v) is 14.2. The number of aryl methyl sites for hydroxylation is 1. The topological polar surface area (TPSA) is 31.4 Å². The SMILES string of the molecule is Cc1cc(F)ccc1-c1ccnc(B2OC(C)(C)C(C)(C)O2)c1. The predicted molar refractivity (Wildman–Crippen MR) is 90.1 cm³/mol. The first kappa shape index (κ1) is 16.2. The lowest BCUT2D eigenvalue weighted by Gasteiger charge is -2.32. The summed E-state index contributed by atoms with van der Waals surface area (Å²) in [7, 11) is -0.499. The molecule has 3 rings (SSSR count). The second kappa shape index (κ2) is 5.43. The van der Waals surface area contributed by atoms with Crippen molar-refractivity contribution in [2.75, 3.05) is 0 Å². The van der Waals surface area contributed by atoms with Crippen LogP contribution in [0, 0.1) is 12.7 Å². The maximum atomic E-state index is 13.3. The Labute approximate surface area is 137 Å². The number of benzene rings is 1. The van der Waals surface area contributed by atoms with E-state index in [9.17, 15) is 4.39 Å². The minimum Gasteiger partial charge on any atom is -0.398 e. The van der Waals surface area contributed by atoms with Crippen LogP contribution < -0.4 is 5.59 Å². The highest BCUT2D eigenvalue weighted by molar-refractivity contribution is 6.61. The van der Waals surface area contributed by atoms with Crippen molar-refractivity contribution in [3.05, 3.63) is 47.9 Å². The zero-order chi connectivity index (χ0) is 16.8. The van der Waals surface area contributed by atoms with Crippen molar-refractivity contribution in [1.29, 1.82) is 0 Å². The van der Waals surface area contributed by atoms with Gasteiger partial charge in [0.05, 0.1) is 16.8 Å². The minimum absolute atomic E-state index is 0.230. The maximum Gasteiger partial charge on any atom is 0.514 e. The quantitative estimate of drug-likeness (QED) is 0.795. The Bertz CT molecular complexity index is 730. The molecule has 23 heavy (non-hydrogen) atoms. The van der Waals surface area contributed by atoms with Crippen molar-refractivity contribution in [2.24, 2.45) is 0 Å². The molecule has 0 amide bonds. The first-order valence-electron chi connectivity index (χ1n) is 7.78.